The van der Waals surface area contributed by atoms with E-state index in [1.54, 1.807) is 13.0 Å². The minimum absolute atomic E-state index is 0.0154. The van der Waals surface area contributed by atoms with Gasteiger partial charge in [0.25, 0.3) is 0 Å². The normalized spacial score (nSPS) is 26.1. The third kappa shape index (κ3) is 2.32. The lowest BCUT2D eigenvalue weighted by molar-refractivity contribution is -0.223. The molecule has 7 nitrogen and oxygen atoms in total. The van der Waals surface area contributed by atoms with Crippen molar-refractivity contribution in [3.63, 3.8) is 0 Å². The van der Waals surface area contributed by atoms with Gasteiger partial charge in [-0.3, -0.25) is 0 Å². The number of hydroxylamine groups is 2. The molecule has 1 fully saturated rings. The van der Waals surface area contributed by atoms with Crippen molar-refractivity contribution < 1.29 is 23.6 Å². The summed E-state index contributed by atoms with van der Waals surface area (Å²) >= 11 is 0. The summed E-state index contributed by atoms with van der Waals surface area (Å²) in [6, 6.07) is 0.132. The second-order valence-electron chi connectivity index (χ2n) is 4.43. The van der Waals surface area contributed by atoms with E-state index < -0.39 is 30.4 Å². The van der Waals surface area contributed by atoms with Gasteiger partial charge in [0.05, 0.1) is 19.2 Å². The number of carbonyl (C=O) groups is 2. The van der Waals surface area contributed by atoms with Crippen LogP contribution in [0.4, 0.5) is 9.18 Å². The predicted octanol–water partition coefficient (Wildman–Crippen LogP) is 0.735. The fourth-order valence-corrected chi connectivity index (χ4v) is 2.19. The molecule has 8 heteroatoms. The van der Waals surface area contributed by atoms with Crippen LogP contribution in [-0.2, 0) is 14.4 Å². The van der Waals surface area contributed by atoms with E-state index in [2.05, 4.69) is 4.74 Å². The number of carbonyl (C=O) groups excluding carboxylic acids is 2. The molecule has 2 heterocycles. The van der Waals surface area contributed by atoms with Gasteiger partial charge in [0, 0.05) is 0 Å². The van der Waals surface area contributed by atoms with Crippen LogP contribution >= 0.6 is 0 Å². The Morgan fingerprint density at radius 1 is 1.70 bits per heavy atom. The number of nitrogens with zero attached hydrogens (tertiary/aromatic N) is 3. The number of alkyl halides is 1. The zero-order valence-electron chi connectivity index (χ0n) is 11.1. The topological polar surface area (TPSA) is 82.9 Å². The molecule has 0 saturated carbocycles. The molecule has 2 bridgehead atoms. The Labute approximate surface area is 115 Å². The second kappa shape index (κ2) is 5.46. The van der Waals surface area contributed by atoms with Crippen molar-refractivity contribution in [2.45, 2.75) is 32.3 Å². The van der Waals surface area contributed by atoms with E-state index in [1.165, 1.54) is 11.8 Å². The summed E-state index contributed by atoms with van der Waals surface area (Å²) in [5.41, 5.74) is 0.717. The molecule has 2 amide bonds. The average molecular weight is 283 g/mol. The maximum atomic E-state index is 13.6. The largest absolute Gasteiger partial charge is 0.462 e. The molecule has 0 aromatic heterocycles. The SMILES string of the molecule is CCOC(=O)[C@@H](F)ON1C(=O)N2C[C@H]1C(C)=C[C@H]2C#N. The predicted molar refractivity (Wildman–Crippen MR) is 63.5 cm³/mol. The van der Waals surface area contributed by atoms with E-state index in [1.807, 2.05) is 6.07 Å². The van der Waals surface area contributed by atoms with Gasteiger partial charge >= 0.3 is 18.4 Å². The Morgan fingerprint density at radius 2 is 2.40 bits per heavy atom. The fraction of sp³-hybridized carbons (Fsp3) is 0.583. The number of nitriles is 1. The highest BCUT2D eigenvalue weighted by Crippen LogP contribution is 2.30. The Bertz CT molecular complexity index is 501. The summed E-state index contributed by atoms with van der Waals surface area (Å²) in [5.74, 6) is -1.18. The van der Waals surface area contributed by atoms with Gasteiger partial charge in [0.2, 0.25) is 0 Å². The molecule has 0 radical (unpaired) electrons. The maximum Gasteiger partial charge on any atom is 0.370 e. The highest BCUT2D eigenvalue weighted by atomic mass is 19.1. The van der Waals surface area contributed by atoms with Crippen molar-refractivity contribution in [2.75, 3.05) is 13.2 Å². The van der Waals surface area contributed by atoms with Crippen molar-refractivity contribution in [1.82, 2.24) is 9.96 Å². The first-order valence-electron chi connectivity index (χ1n) is 6.14. The summed E-state index contributed by atoms with van der Waals surface area (Å²) in [7, 11) is 0. The van der Waals surface area contributed by atoms with E-state index in [0.717, 1.165) is 10.6 Å². The number of hydrogen-bond acceptors (Lipinski definition) is 5. The number of rotatable bonds is 4. The summed E-state index contributed by atoms with van der Waals surface area (Å²) in [6.07, 6.45) is -0.750. The summed E-state index contributed by atoms with van der Waals surface area (Å²) in [5, 5.41) is 9.77. The minimum atomic E-state index is -2.37. The van der Waals surface area contributed by atoms with Crippen molar-refractivity contribution in [3.8, 4) is 6.07 Å². The molecule has 0 aliphatic carbocycles. The van der Waals surface area contributed by atoms with Gasteiger partial charge in [-0.05, 0) is 25.5 Å². The number of amides is 2. The zero-order valence-corrected chi connectivity index (χ0v) is 11.1. The molecule has 2 aliphatic heterocycles. The molecule has 2 rings (SSSR count). The summed E-state index contributed by atoms with van der Waals surface area (Å²) in [4.78, 5) is 29.3. The first-order valence-corrected chi connectivity index (χ1v) is 6.14. The highest BCUT2D eigenvalue weighted by Gasteiger charge is 2.47. The van der Waals surface area contributed by atoms with Crippen LogP contribution in [0.2, 0.25) is 0 Å². The number of hydrogen-bond donors (Lipinski definition) is 0. The van der Waals surface area contributed by atoms with E-state index >= 15 is 0 Å². The third-order valence-corrected chi connectivity index (χ3v) is 3.18. The molecule has 2 aliphatic rings. The quantitative estimate of drug-likeness (QED) is 0.561. The first kappa shape index (κ1) is 14.3. The minimum Gasteiger partial charge on any atom is -0.462 e. The van der Waals surface area contributed by atoms with E-state index in [0.29, 0.717) is 0 Å². The molecule has 108 valence electrons. The van der Waals surface area contributed by atoms with Crippen LogP contribution in [0, 0.1) is 11.3 Å². The smallest absolute Gasteiger partial charge is 0.370 e. The van der Waals surface area contributed by atoms with Crippen LogP contribution in [0.15, 0.2) is 11.6 Å². The number of halogens is 1. The molecule has 1 saturated heterocycles. The van der Waals surface area contributed by atoms with E-state index in [9.17, 15) is 14.0 Å². The van der Waals surface area contributed by atoms with Crippen molar-refractivity contribution in [1.29, 1.82) is 5.26 Å². The average Bonchev–Trinajstić information content (AvgIpc) is 2.70. The monoisotopic (exact) mass is 283 g/mol. The van der Waals surface area contributed by atoms with Crippen LogP contribution in [0.5, 0.6) is 0 Å². The van der Waals surface area contributed by atoms with Crippen molar-refractivity contribution in [3.05, 3.63) is 11.6 Å². The third-order valence-electron chi connectivity index (χ3n) is 3.18. The molecule has 20 heavy (non-hydrogen) atoms. The van der Waals surface area contributed by atoms with Crippen LogP contribution in [0.25, 0.3) is 0 Å². The van der Waals surface area contributed by atoms with Gasteiger partial charge < -0.3 is 9.64 Å². The van der Waals surface area contributed by atoms with E-state index in [4.69, 9.17) is 10.1 Å². The van der Waals surface area contributed by atoms with E-state index in [-0.39, 0.29) is 13.2 Å². The lowest BCUT2D eigenvalue weighted by Gasteiger charge is -2.24. The van der Waals surface area contributed by atoms with Crippen molar-refractivity contribution >= 4 is 12.0 Å². The van der Waals surface area contributed by atoms with Crippen molar-refractivity contribution in [2.24, 2.45) is 0 Å². The Hall–Kier alpha value is -2.14. The van der Waals surface area contributed by atoms with Gasteiger partial charge in [-0.1, -0.05) is 0 Å². The molecule has 0 unspecified atom stereocenters. The Balaban J connectivity index is 2.11. The Kier molecular flexibility index (Phi) is 3.90. The lowest BCUT2D eigenvalue weighted by atomic mass is 10.0. The van der Waals surface area contributed by atoms with Crippen LogP contribution in [0.1, 0.15) is 13.8 Å². The Morgan fingerprint density at radius 3 is 3.00 bits per heavy atom. The standard InChI is InChI=1S/C12H14FN3O4/c1-3-19-11(17)10(13)20-16-9-6-15(12(16)18)8(5-14)4-7(9)2/h4,8-10H,3,6H2,1-2H3/t8-,9-,10-/m0/s1. The molecule has 3 atom stereocenters. The highest BCUT2D eigenvalue weighted by molar-refractivity contribution is 5.79. The van der Waals surface area contributed by atoms with Gasteiger partial charge in [-0.15, -0.1) is 0 Å². The van der Waals surface area contributed by atoms with Gasteiger partial charge in [-0.2, -0.15) is 10.3 Å². The molecule has 0 N–H and O–H groups in total. The molecular formula is C12H14FN3O4. The van der Waals surface area contributed by atoms with Crippen LogP contribution < -0.4 is 0 Å². The maximum absolute atomic E-state index is 13.6. The number of fused-ring (bicyclic) bond motifs is 2. The molecular weight excluding hydrogens is 269 g/mol. The number of urea groups is 1. The first-order chi connectivity index (χ1) is 9.49. The van der Waals surface area contributed by atoms with Crippen LogP contribution in [0.3, 0.4) is 0 Å². The van der Waals surface area contributed by atoms with Crippen LogP contribution in [-0.4, -0.2) is 53.6 Å². The summed E-state index contributed by atoms with van der Waals surface area (Å²) < 4.78 is 18.1. The number of ether oxygens (including phenoxy) is 1. The van der Waals surface area contributed by atoms with Gasteiger partial charge in [0.1, 0.15) is 12.1 Å². The molecule has 0 spiro atoms. The molecule has 0 aromatic carbocycles. The fourth-order valence-electron chi connectivity index (χ4n) is 2.19. The number of esters is 1. The molecule has 0 aromatic rings. The second-order valence-corrected chi connectivity index (χ2v) is 4.43. The summed E-state index contributed by atoms with van der Waals surface area (Å²) in [6.45, 7) is 3.50. The zero-order chi connectivity index (χ0) is 14.9. The van der Waals surface area contributed by atoms with Gasteiger partial charge in [0.15, 0.2) is 0 Å². The lowest BCUT2D eigenvalue weighted by Crippen LogP contribution is -2.40. The van der Waals surface area contributed by atoms with Gasteiger partial charge in [-0.25, -0.2) is 18.8 Å².